The van der Waals surface area contributed by atoms with Gasteiger partial charge < -0.3 is 9.64 Å². The summed E-state index contributed by atoms with van der Waals surface area (Å²) in [6.07, 6.45) is -4.44. The number of anilines is 1. The lowest BCUT2D eigenvalue weighted by Crippen LogP contribution is -2.45. The molecule has 1 aromatic carbocycles. The zero-order valence-corrected chi connectivity index (χ0v) is 13.8. The Hall–Kier alpha value is -1.93. The highest BCUT2D eigenvalue weighted by atomic mass is 32.1. The van der Waals surface area contributed by atoms with Gasteiger partial charge in [0.2, 0.25) is 0 Å². The summed E-state index contributed by atoms with van der Waals surface area (Å²) in [7, 11) is 0. The SMILES string of the molecule is CC1(C)COC(C=O)N1c1nc(-c2cccc(C(F)(F)F)c2)cs1. The molecular weight excluding hydrogens is 341 g/mol. The van der Waals surface area contributed by atoms with E-state index in [-0.39, 0.29) is 0 Å². The van der Waals surface area contributed by atoms with Crippen molar-refractivity contribution in [1.82, 2.24) is 4.98 Å². The van der Waals surface area contributed by atoms with Crippen LogP contribution in [0.25, 0.3) is 11.3 Å². The molecule has 1 atom stereocenters. The van der Waals surface area contributed by atoms with E-state index in [0.717, 1.165) is 12.1 Å². The quantitative estimate of drug-likeness (QED) is 0.781. The van der Waals surface area contributed by atoms with Gasteiger partial charge in [0.15, 0.2) is 17.6 Å². The molecule has 1 aromatic heterocycles. The topological polar surface area (TPSA) is 42.4 Å². The van der Waals surface area contributed by atoms with Crippen molar-refractivity contribution in [3.8, 4) is 11.3 Å². The molecule has 2 aromatic rings. The highest BCUT2D eigenvalue weighted by molar-refractivity contribution is 7.14. The average Bonchev–Trinajstić information content (AvgIpc) is 3.10. The monoisotopic (exact) mass is 356 g/mol. The van der Waals surface area contributed by atoms with Crippen molar-refractivity contribution in [3.05, 3.63) is 35.2 Å². The maximum absolute atomic E-state index is 12.9. The number of halogens is 3. The fourth-order valence-electron chi connectivity index (χ4n) is 2.61. The van der Waals surface area contributed by atoms with Gasteiger partial charge in [0.05, 0.1) is 23.4 Å². The smallest absolute Gasteiger partial charge is 0.349 e. The molecule has 4 nitrogen and oxygen atoms in total. The van der Waals surface area contributed by atoms with Gasteiger partial charge in [0.25, 0.3) is 0 Å². The Balaban J connectivity index is 1.95. The van der Waals surface area contributed by atoms with Gasteiger partial charge >= 0.3 is 6.18 Å². The first-order chi connectivity index (χ1) is 11.2. The first-order valence-electron chi connectivity index (χ1n) is 7.22. The van der Waals surface area contributed by atoms with Crippen molar-refractivity contribution in [2.24, 2.45) is 0 Å². The van der Waals surface area contributed by atoms with Crippen LogP contribution in [0.4, 0.5) is 18.3 Å². The number of benzene rings is 1. The predicted molar refractivity (Wildman–Crippen MR) is 84.9 cm³/mol. The Labute approximate surface area is 140 Å². The molecule has 1 saturated heterocycles. The molecule has 0 aliphatic carbocycles. The molecule has 0 bridgehead atoms. The number of thiazole rings is 1. The molecule has 3 rings (SSSR count). The number of nitrogens with zero attached hydrogens (tertiary/aromatic N) is 2. The summed E-state index contributed by atoms with van der Waals surface area (Å²) >= 11 is 1.27. The van der Waals surface area contributed by atoms with E-state index in [4.69, 9.17) is 4.74 Å². The maximum atomic E-state index is 12.9. The molecule has 1 aliphatic heterocycles. The molecule has 0 N–H and O–H groups in total. The molecule has 0 amide bonds. The fourth-order valence-corrected chi connectivity index (χ4v) is 3.63. The van der Waals surface area contributed by atoms with Crippen LogP contribution >= 0.6 is 11.3 Å². The number of alkyl halides is 3. The van der Waals surface area contributed by atoms with Gasteiger partial charge in [0, 0.05) is 10.9 Å². The molecule has 0 spiro atoms. The van der Waals surface area contributed by atoms with Gasteiger partial charge in [-0.05, 0) is 26.0 Å². The Morgan fingerprint density at radius 2 is 2.17 bits per heavy atom. The van der Waals surface area contributed by atoms with Crippen LogP contribution in [0.5, 0.6) is 0 Å². The summed E-state index contributed by atoms with van der Waals surface area (Å²) in [4.78, 5) is 17.4. The summed E-state index contributed by atoms with van der Waals surface area (Å²) in [6, 6.07) is 5.03. The minimum Gasteiger partial charge on any atom is -0.349 e. The normalized spacial score (nSPS) is 20.4. The molecule has 1 aliphatic rings. The first-order valence-corrected chi connectivity index (χ1v) is 8.10. The Morgan fingerprint density at radius 1 is 1.42 bits per heavy atom. The molecule has 0 saturated carbocycles. The van der Waals surface area contributed by atoms with E-state index in [1.54, 1.807) is 16.3 Å². The van der Waals surface area contributed by atoms with Crippen molar-refractivity contribution in [1.29, 1.82) is 0 Å². The average molecular weight is 356 g/mol. The third-order valence-electron chi connectivity index (χ3n) is 3.81. The number of rotatable bonds is 3. The number of carbonyl (C=O) groups excluding carboxylic acids is 1. The summed E-state index contributed by atoms with van der Waals surface area (Å²) in [5.41, 5.74) is -0.319. The third kappa shape index (κ3) is 3.03. The van der Waals surface area contributed by atoms with E-state index in [1.165, 1.54) is 17.4 Å². The Bertz CT molecular complexity index is 758. The van der Waals surface area contributed by atoms with Crippen molar-refractivity contribution in [2.75, 3.05) is 11.5 Å². The lowest BCUT2D eigenvalue weighted by Gasteiger charge is -2.30. The minimum atomic E-state index is -4.40. The summed E-state index contributed by atoms with van der Waals surface area (Å²) in [6.45, 7) is 4.21. The highest BCUT2D eigenvalue weighted by Crippen LogP contribution is 2.37. The van der Waals surface area contributed by atoms with Crippen LogP contribution in [0, 0.1) is 0 Å². The number of aldehydes is 1. The Kier molecular flexibility index (Phi) is 4.13. The molecule has 2 heterocycles. The summed E-state index contributed by atoms with van der Waals surface area (Å²) < 4.78 is 44.0. The molecule has 0 radical (unpaired) electrons. The summed E-state index contributed by atoms with van der Waals surface area (Å²) in [5.74, 6) is 0. The van der Waals surface area contributed by atoms with E-state index in [2.05, 4.69) is 4.98 Å². The number of hydrogen-bond acceptors (Lipinski definition) is 5. The second kappa shape index (κ2) is 5.86. The van der Waals surface area contributed by atoms with Gasteiger partial charge in [-0.2, -0.15) is 13.2 Å². The zero-order chi connectivity index (χ0) is 17.5. The number of hydrogen-bond donors (Lipinski definition) is 0. The molecule has 8 heteroatoms. The maximum Gasteiger partial charge on any atom is 0.416 e. The molecule has 24 heavy (non-hydrogen) atoms. The van der Waals surface area contributed by atoms with Crippen LogP contribution in [0.3, 0.4) is 0 Å². The largest absolute Gasteiger partial charge is 0.416 e. The van der Waals surface area contributed by atoms with Gasteiger partial charge in [-0.1, -0.05) is 12.1 Å². The zero-order valence-electron chi connectivity index (χ0n) is 13.0. The summed E-state index contributed by atoms with van der Waals surface area (Å²) in [5, 5.41) is 2.23. The van der Waals surface area contributed by atoms with Crippen molar-refractivity contribution < 1.29 is 22.7 Å². The van der Waals surface area contributed by atoms with E-state index >= 15 is 0 Å². The van der Waals surface area contributed by atoms with E-state index in [0.29, 0.717) is 29.3 Å². The molecule has 1 unspecified atom stereocenters. The number of ether oxygens (including phenoxy) is 1. The van der Waals surface area contributed by atoms with Crippen molar-refractivity contribution in [2.45, 2.75) is 31.8 Å². The molecule has 1 fully saturated rings. The van der Waals surface area contributed by atoms with Gasteiger partial charge in [0.1, 0.15) is 0 Å². The third-order valence-corrected chi connectivity index (χ3v) is 4.65. The number of carbonyl (C=O) groups is 1. The second-order valence-electron chi connectivity index (χ2n) is 6.11. The van der Waals surface area contributed by atoms with Crippen LogP contribution in [0.15, 0.2) is 29.6 Å². The van der Waals surface area contributed by atoms with Crippen LogP contribution in [0.1, 0.15) is 19.4 Å². The minimum absolute atomic E-state index is 0.370. The van der Waals surface area contributed by atoms with Gasteiger partial charge in [-0.15, -0.1) is 11.3 Å². The molecule has 128 valence electrons. The van der Waals surface area contributed by atoms with E-state index in [1.807, 2.05) is 13.8 Å². The van der Waals surface area contributed by atoms with E-state index in [9.17, 15) is 18.0 Å². The van der Waals surface area contributed by atoms with E-state index < -0.39 is 23.5 Å². The second-order valence-corrected chi connectivity index (χ2v) is 6.95. The first kappa shape index (κ1) is 16.9. The van der Waals surface area contributed by atoms with Crippen LogP contribution in [-0.2, 0) is 15.7 Å². The van der Waals surface area contributed by atoms with Crippen molar-refractivity contribution >= 4 is 22.8 Å². The predicted octanol–water partition coefficient (Wildman–Crippen LogP) is 3.97. The van der Waals surface area contributed by atoms with Gasteiger partial charge in [-0.25, -0.2) is 4.98 Å². The van der Waals surface area contributed by atoms with Gasteiger partial charge in [-0.3, -0.25) is 4.79 Å². The van der Waals surface area contributed by atoms with Crippen LogP contribution in [-0.4, -0.2) is 29.6 Å². The highest BCUT2D eigenvalue weighted by Gasteiger charge is 2.42. The van der Waals surface area contributed by atoms with Crippen molar-refractivity contribution in [3.63, 3.8) is 0 Å². The standard InChI is InChI=1S/C16H15F3N2O2S/c1-15(2)9-23-13(7-22)21(15)14-20-12(8-24-14)10-4-3-5-11(6-10)16(17,18)19/h3-8,13H,9H2,1-2H3. The fraction of sp³-hybridized carbons (Fsp3) is 0.375. The molecular formula is C16H15F3N2O2S. The Morgan fingerprint density at radius 3 is 2.83 bits per heavy atom. The van der Waals surface area contributed by atoms with Crippen LogP contribution < -0.4 is 4.90 Å². The van der Waals surface area contributed by atoms with Crippen LogP contribution in [0.2, 0.25) is 0 Å². The lowest BCUT2D eigenvalue weighted by molar-refractivity contribution is -0.137. The number of aromatic nitrogens is 1. The lowest BCUT2D eigenvalue weighted by atomic mass is 10.1.